The molecule has 3 rings (SSSR count). The summed E-state index contributed by atoms with van der Waals surface area (Å²) in [6.07, 6.45) is 3.33. The van der Waals surface area contributed by atoms with Gasteiger partial charge in [-0.3, -0.25) is 0 Å². The Kier molecular flexibility index (Phi) is 3.56. The number of methoxy groups -OCH3 is 2. The molecule has 1 fully saturated rings. The van der Waals surface area contributed by atoms with Gasteiger partial charge in [0.25, 0.3) is 0 Å². The van der Waals surface area contributed by atoms with Crippen LogP contribution in [0.25, 0.3) is 11.2 Å². The Morgan fingerprint density at radius 3 is 2.65 bits per heavy atom. The molecule has 5 nitrogen and oxygen atoms in total. The number of halogens is 1. The van der Waals surface area contributed by atoms with Crippen LogP contribution in [0.4, 0.5) is 0 Å². The van der Waals surface area contributed by atoms with Gasteiger partial charge in [0.1, 0.15) is 11.3 Å². The van der Waals surface area contributed by atoms with Gasteiger partial charge in [0.05, 0.1) is 25.1 Å². The van der Waals surface area contributed by atoms with Crippen LogP contribution in [0.1, 0.15) is 25.1 Å². The van der Waals surface area contributed by atoms with Crippen molar-refractivity contribution >= 4 is 22.8 Å². The van der Waals surface area contributed by atoms with Crippen LogP contribution in [0.3, 0.4) is 0 Å². The molecule has 0 N–H and O–H groups in total. The van der Waals surface area contributed by atoms with Gasteiger partial charge in [-0.2, -0.15) is 4.98 Å². The quantitative estimate of drug-likeness (QED) is 0.796. The van der Waals surface area contributed by atoms with Crippen molar-refractivity contribution in [2.24, 2.45) is 0 Å². The number of rotatable bonds is 5. The van der Waals surface area contributed by atoms with E-state index in [1.54, 1.807) is 14.2 Å². The Morgan fingerprint density at radius 2 is 2.10 bits per heavy atom. The Hall–Kier alpha value is -1.33. The summed E-state index contributed by atoms with van der Waals surface area (Å²) >= 11 is 6.03. The third-order valence-corrected chi connectivity index (χ3v) is 4.36. The first-order chi connectivity index (χ1) is 9.71. The number of hydrogen-bond acceptors (Lipinski definition) is 4. The second kappa shape index (κ2) is 5.22. The maximum Gasteiger partial charge on any atom is 0.215 e. The summed E-state index contributed by atoms with van der Waals surface area (Å²) in [6, 6.07) is 3.72. The van der Waals surface area contributed by atoms with Crippen LogP contribution in [0, 0.1) is 0 Å². The van der Waals surface area contributed by atoms with Gasteiger partial charge in [0.2, 0.25) is 5.88 Å². The molecule has 0 atom stereocenters. The molecular weight excluding hydrogens is 278 g/mol. The molecule has 2 heterocycles. The smallest absolute Gasteiger partial charge is 0.215 e. The van der Waals surface area contributed by atoms with Crippen LogP contribution in [0.15, 0.2) is 12.1 Å². The van der Waals surface area contributed by atoms with Crippen LogP contribution >= 0.6 is 11.6 Å². The van der Waals surface area contributed by atoms with Crippen molar-refractivity contribution in [1.29, 1.82) is 0 Å². The minimum atomic E-state index is -0.0980. The van der Waals surface area contributed by atoms with E-state index >= 15 is 0 Å². The van der Waals surface area contributed by atoms with Crippen LogP contribution < -0.4 is 4.74 Å². The van der Waals surface area contributed by atoms with Gasteiger partial charge in [-0.05, 0) is 25.3 Å². The molecule has 0 saturated heterocycles. The molecule has 108 valence electrons. The number of fused-ring (bicyclic) bond motifs is 1. The molecule has 2 aromatic heterocycles. The molecule has 20 heavy (non-hydrogen) atoms. The van der Waals surface area contributed by atoms with Gasteiger partial charge in [0, 0.05) is 13.2 Å². The number of imidazole rings is 1. The second-order valence-electron chi connectivity index (χ2n) is 5.18. The molecule has 1 aliphatic carbocycles. The maximum absolute atomic E-state index is 6.03. The molecule has 0 aliphatic heterocycles. The van der Waals surface area contributed by atoms with E-state index in [9.17, 15) is 0 Å². The molecule has 0 amide bonds. The van der Waals surface area contributed by atoms with Crippen LogP contribution in [-0.4, -0.2) is 34.4 Å². The van der Waals surface area contributed by atoms with Gasteiger partial charge in [0.15, 0.2) is 5.65 Å². The summed E-state index contributed by atoms with van der Waals surface area (Å²) in [6.45, 7) is 0.738. The van der Waals surface area contributed by atoms with E-state index in [0.29, 0.717) is 11.8 Å². The maximum atomic E-state index is 6.03. The highest BCUT2D eigenvalue weighted by molar-refractivity contribution is 6.16. The molecule has 0 bridgehead atoms. The predicted octanol–water partition coefficient (Wildman–Crippen LogP) is 2.75. The lowest BCUT2D eigenvalue weighted by atomic mass is 9.80. The lowest BCUT2D eigenvalue weighted by Gasteiger charge is -2.41. The van der Waals surface area contributed by atoms with Gasteiger partial charge >= 0.3 is 0 Å². The lowest BCUT2D eigenvalue weighted by Crippen LogP contribution is -2.43. The summed E-state index contributed by atoms with van der Waals surface area (Å²) < 4.78 is 13.0. The Labute approximate surface area is 122 Å². The molecule has 1 aliphatic rings. The van der Waals surface area contributed by atoms with E-state index in [2.05, 4.69) is 14.5 Å². The third kappa shape index (κ3) is 2.15. The van der Waals surface area contributed by atoms with Crippen LogP contribution in [-0.2, 0) is 17.2 Å². The van der Waals surface area contributed by atoms with E-state index in [4.69, 9.17) is 21.1 Å². The second-order valence-corrected chi connectivity index (χ2v) is 5.45. The summed E-state index contributed by atoms with van der Waals surface area (Å²) in [4.78, 5) is 9.04. The minimum absolute atomic E-state index is 0.0980. The monoisotopic (exact) mass is 295 g/mol. The standard InChI is InChI=1S/C14H18ClN3O2/c1-19-12-5-4-10-13(17-12)18(11(8-15)16-10)9-14(20-2)6-3-7-14/h4-5H,3,6-9H2,1-2H3. The minimum Gasteiger partial charge on any atom is -0.481 e. The molecule has 2 aromatic rings. The topological polar surface area (TPSA) is 49.2 Å². The highest BCUT2D eigenvalue weighted by atomic mass is 35.5. The SMILES string of the molecule is COc1ccc2nc(CCl)n(CC3(OC)CCC3)c2n1. The van der Waals surface area contributed by atoms with E-state index in [-0.39, 0.29) is 5.60 Å². The highest BCUT2D eigenvalue weighted by Gasteiger charge is 2.38. The molecular formula is C14H18ClN3O2. The molecule has 0 unspecified atom stereocenters. The average Bonchev–Trinajstić information content (AvgIpc) is 2.79. The number of nitrogens with zero attached hydrogens (tertiary/aromatic N) is 3. The fourth-order valence-corrected chi connectivity index (χ4v) is 2.90. The van der Waals surface area contributed by atoms with E-state index in [1.807, 2.05) is 12.1 Å². The number of pyridine rings is 1. The van der Waals surface area contributed by atoms with Gasteiger partial charge in [-0.15, -0.1) is 11.6 Å². The van der Waals surface area contributed by atoms with Crippen molar-refractivity contribution < 1.29 is 9.47 Å². The van der Waals surface area contributed by atoms with Crippen molar-refractivity contribution in [2.75, 3.05) is 14.2 Å². The first-order valence-corrected chi connectivity index (χ1v) is 7.26. The van der Waals surface area contributed by atoms with E-state index < -0.39 is 0 Å². The first-order valence-electron chi connectivity index (χ1n) is 6.72. The summed E-state index contributed by atoms with van der Waals surface area (Å²) in [5.41, 5.74) is 1.55. The van der Waals surface area contributed by atoms with Crippen molar-refractivity contribution in [2.45, 2.75) is 37.3 Å². The Morgan fingerprint density at radius 1 is 1.30 bits per heavy atom. The summed E-state index contributed by atoms with van der Waals surface area (Å²) in [5.74, 6) is 1.77. The third-order valence-electron chi connectivity index (χ3n) is 4.12. The molecule has 6 heteroatoms. The fraction of sp³-hybridized carbons (Fsp3) is 0.571. The number of ether oxygens (including phenoxy) is 2. The van der Waals surface area contributed by atoms with Gasteiger partial charge < -0.3 is 14.0 Å². The number of hydrogen-bond donors (Lipinski definition) is 0. The number of aromatic nitrogens is 3. The largest absolute Gasteiger partial charge is 0.481 e. The van der Waals surface area contributed by atoms with Gasteiger partial charge in [-0.25, -0.2) is 4.98 Å². The highest BCUT2D eigenvalue weighted by Crippen LogP contribution is 2.37. The summed E-state index contributed by atoms with van der Waals surface area (Å²) in [5, 5.41) is 0. The fourth-order valence-electron chi connectivity index (χ4n) is 2.70. The molecule has 0 spiro atoms. The normalized spacial score (nSPS) is 17.1. The molecule has 0 aromatic carbocycles. The van der Waals surface area contributed by atoms with Crippen molar-refractivity contribution in [1.82, 2.24) is 14.5 Å². The predicted molar refractivity (Wildman–Crippen MR) is 77.2 cm³/mol. The van der Waals surface area contributed by atoms with Gasteiger partial charge in [-0.1, -0.05) is 0 Å². The molecule has 1 saturated carbocycles. The van der Waals surface area contributed by atoms with Crippen molar-refractivity contribution in [3.8, 4) is 5.88 Å². The summed E-state index contributed by atoms with van der Waals surface area (Å²) in [7, 11) is 3.38. The zero-order valence-corrected chi connectivity index (χ0v) is 12.5. The first kappa shape index (κ1) is 13.6. The zero-order valence-electron chi connectivity index (χ0n) is 11.7. The average molecular weight is 296 g/mol. The Balaban J connectivity index is 2.06. The van der Waals surface area contributed by atoms with E-state index in [0.717, 1.165) is 36.4 Å². The van der Waals surface area contributed by atoms with Crippen LogP contribution in [0.5, 0.6) is 5.88 Å². The van der Waals surface area contributed by atoms with Crippen molar-refractivity contribution in [3.05, 3.63) is 18.0 Å². The number of alkyl halides is 1. The zero-order chi connectivity index (χ0) is 14.2. The Bertz CT molecular complexity index is 617. The van der Waals surface area contributed by atoms with E-state index in [1.165, 1.54) is 6.42 Å². The molecule has 0 radical (unpaired) electrons. The lowest BCUT2D eigenvalue weighted by molar-refractivity contribution is -0.0832. The van der Waals surface area contributed by atoms with Crippen molar-refractivity contribution in [3.63, 3.8) is 0 Å². The van der Waals surface area contributed by atoms with Crippen LogP contribution in [0.2, 0.25) is 0 Å².